The smallest absolute Gasteiger partial charge is 0.433 e. The Labute approximate surface area is 167 Å². The second-order valence-electron chi connectivity index (χ2n) is 5.79. The summed E-state index contributed by atoms with van der Waals surface area (Å²) in [6.45, 7) is 5.84. The Hall–Kier alpha value is -2.53. The van der Waals surface area contributed by atoms with Crippen molar-refractivity contribution in [1.29, 1.82) is 0 Å². The van der Waals surface area contributed by atoms with Crippen molar-refractivity contribution in [3.8, 4) is 5.88 Å². The van der Waals surface area contributed by atoms with E-state index in [1.165, 1.54) is 14.2 Å². The quantitative estimate of drug-likeness (QED) is 0.347. The number of methoxy groups -OCH3 is 1. The number of pyridine rings is 1. The van der Waals surface area contributed by atoms with E-state index in [0.29, 0.717) is 24.4 Å². The number of ether oxygens (including phenoxy) is 1. The van der Waals surface area contributed by atoms with Gasteiger partial charge in [0.1, 0.15) is 5.69 Å². The lowest BCUT2D eigenvalue weighted by Gasteiger charge is -2.24. The number of carbonyl (C=O) groups is 1. The lowest BCUT2D eigenvalue weighted by atomic mass is 10.1. The Kier molecular flexibility index (Phi) is 9.18. The van der Waals surface area contributed by atoms with Gasteiger partial charge < -0.3 is 14.4 Å². The Bertz CT molecular complexity index is 766. The molecule has 0 radical (unpaired) electrons. The van der Waals surface area contributed by atoms with Crippen LogP contribution in [0.1, 0.15) is 44.5 Å². The highest BCUT2D eigenvalue weighted by Gasteiger charge is 2.36. The van der Waals surface area contributed by atoms with Gasteiger partial charge in [-0.2, -0.15) is 18.2 Å². The van der Waals surface area contributed by atoms with Crippen molar-refractivity contribution in [3.63, 3.8) is 0 Å². The number of aromatic nitrogens is 1. The van der Waals surface area contributed by atoms with Gasteiger partial charge in [0, 0.05) is 19.2 Å². The van der Waals surface area contributed by atoms with Crippen molar-refractivity contribution in [2.45, 2.75) is 39.4 Å². The minimum Gasteiger partial charge on any atom is -0.468 e. The minimum absolute atomic E-state index is 0.00349. The number of halogens is 3. The maximum absolute atomic E-state index is 13.1. The molecular formula is C18H25F3N4O4. The standard InChI is InChI=1S/C18H25F3N4O4/c1-7-13(22-8-2)11(3)24-29-16-12(9-10-14(23-16)18(19,20)21)15(17(26)27-5)25(4)28-6/h9-10,15H,7-8H2,1-6H3/b22-13?,24-11+. The number of nitrogens with zero attached hydrogens (tertiary/aromatic N) is 4. The molecule has 0 aromatic carbocycles. The number of aliphatic imine (C=N–C) groups is 1. The van der Waals surface area contributed by atoms with Crippen molar-refractivity contribution in [1.82, 2.24) is 10.0 Å². The molecule has 1 atom stereocenters. The molecule has 0 saturated heterocycles. The molecule has 1 aromatic heterocycles. The lowest BCUT2D eigenvalue weighted by molar-refractivity contribution is -0.178. The van der Waals surface area contributed by atoms with Gasteiger partial charge >= 0.3 is 12.1 Å². The fraction of sp³-hybridized carbons (Fsp3) is 0.556. The van der Waals surface area contributed by atoms with E-state index < -0.39 is 29.8 Å². The van der Waals surface area contributed by atoms with Crippen LogP contribution in [-0.4, -0.2) is 55.3 Å². The van der Waals surface area contributed by atoms with Crippen LogP contribution in [0.25, 0.3) is 0 Å². The summed E-state index contributed by atoms with van der Waals surface area (Å²) in [5.41, 5.74) is -0.171. The molecular weight excluding hydrogens is 393 g/mol. The molecule has 1 aromatic rings. The van der Waals surface area contributed by atoms with Gasteiger partial charge in [-0.05, 0) is 32.4 Å². The van der Waals surface area contributed by atoms with Gasteiger partial charge in [-0.25, -0.2) is 9.78 Å². The highest BCUT2D eigenvalue weighted by molar-refractivity contribution is 6.41. The fourth-order valence-electron chi connectivity index (χ4n) is 2.42. The molecule has 0 amide bonds. The van der Waals surface area contributed by atoms with Gasteiger partial charge in [0.25, 0.3) is 5.88 Å². The molecule has 1 unspecified atom stereocenters. The minimum atomic E-state index is -4.71. The topological polar surface area (TPSA) is 85.6 Å². The molecule has 8 nitrogen and oxygen atoms in total. The van der Waals surface area contributed by atoms with Crippen LogP contribution in [0.2, 0.25) is 0 Å². The van der Waals surface area contributed by atoms with Gasteiger partial charge in [-0.1, -0.05) is 12.1 Å². The first-order chi connectivity index (χ1) is 13.6. The normalized spacial score (nSPS) is 14.1. The molecule has 1 heterocycles. The summed E-state index contributed by atoms with van der Waals surface area (Å²) in [6, 6.07) is 0.600. The van der Waals surface area contributed by atoms with E-state index in [1.807, 2.05) is 13.8 Å². The van der Waals surface area contributed by atoms with E-state index in [0.717, 1.165) is 24.3 Å². The van der Waals surface area contributed by atoms with Crippen molar-refractivity contribution >= 4 is 17.4 Å². The van der Waals surface area contributed by atoms with E-state index in [-0.39, 0.29) is 5.56 Å². The summed E-state index contributed by atoms with van der Waals surface area (Å²) < 4.78 is 44.1. The Morgan fingerprint density at radius 3 is 2.41 bits per heavy atom. The van der Waals surface area contributed by atoms with Crippen molar-refractivity contribution < 1.29 is 32.4 Å². The molecule has 11 heteroatoms. The number of oxime groups is 1. The summed E-state index contributed by atoms with van der Waals surface area (Å²) in [7, 11) is 3.86. The van der Waals surface area contributed by atoms with Crippen molar-refractivity contribution in [3.05, 3.63) is 23.4 Å². The summed E-state index contributed by atoms with van der Waals surface area (Å²) in [4.78, 5) is 30.3. The van der Waals surface area contributed by atoms with Crippen LogP contribution in [0, 0.1) is 0 Å². The summed E-state index contributed by atoms with van der Waals surface area (Å²) in [6.07, 6.45) is -4.14. The van der Waals surface area contributed by atoms with Gasteiger partial charge in [-0.15, -0.1) is 0 Å². The predicted molar refractivity (Wildman–Crippen MR) is 101 cm³/mol. The number of hydroxylamine groups is 2. The summed E-state index contributed by atoms with van der Waals surface area (Å²) >= 11 is 0. The zero-order valence-corrected chi connectivity index (χ0v) is 17.2. The number of likely N-dealkylation sites (N-methyl/N-ethyl adjacent to an activating group) is 1. The van der Waals surface area contributed by atoms with Crippen molar-refractivity contribution in [2.24, 2.45) is 10.1 Å². The first-order valence-electron chi connectivity index (χ1n) is 8.78. The highest BCUT2D eigenvalue weighted by Crippen LogP contribution is 2.34. The van der Waals surface area contributed by atoms with E-state index in [2.05, 4.69) is 15.1 Å². The maximum Gasteiger partial charge on any atom is 0.433 e. The molecule has 162 valence electrons. The SMILES string of the molecule is CCN=C(CC)/C(C)=N/Oc1nc(C(F)(F)F)ccc1C(C(=O)OC)N(C)OC. The van der Waals surface area contributed by atoms with Crippen LogP contribution in [0.15, 0.2) is 22.3 Å². The third kappa shape index (κ3) is 6.50. The first-order valence-corrected chi connectivity index (χ1v) is 8.78. The molecule has 0 saturated carbocycles. The van der Waals surface area contributed by atoms with E-state index in [1.54, 1.807) is 6.92 Å². The molecule has 0 aliphatic rings. The Morgan fingerprint density at radius 2 is 1.93 bits per heavy atom. The van der Waals surface area contributed by atoms with Gasteiger partial charge in [0.2, 0.25) is 0 Å². The Balaban J connectivity index is 3.51. The van der Waals surface area contributed by atoms with Crippen LogP contribution < -0.4 is 4.84 Å². The van der Waals surface area contributed by atoms with E-state index in [4.69, 9.17) is 14.4 Å². The van der Waals surface area contributed by atoms with Crippen LogP contribution in [-0.2, 0) is 20.5 Å². The number of hydrogen-bond acceptors (Lipinski definition) is 8. The average molecular weight is 418 g/mol. The Morgan fingerprint density at radius 1 is 1.28 bits per heavy atom. The lowest BCUT2D eigenvalue weighted by Crippen LogP contribution is -2.31. The first kappa shape index (κ1) is 24.5. The van der Waals surface area contributed by atoms with E-state index in [9.17, 15) is 18.0 Å². The monoisotopic (exact) mass is 418 g/mol. The summed E-state index contributed by atoms with van der Waals surface area (Å²) in [5, 5.41) is 4.97. The third-order valence-electron chi connectivity index (χ3n) is 3.92. The largest absolute Gasteiger partial charge is 0.468 e. The number of alkyl halides is 3. The molecule has 0 aliphatic heterocycles. The van der Waals surface area contributed by atoms with Crippen LogP contribution in [0.3, 0.4) is 0 Å². The molecule has 0 aliphatic carbocycles. The zero-order chi connectivity index (χ0) is 22.2. The van der Waals surface area contributed by atoms with E-state index >= 15 is 0 Å². The van der Waals surface area contributed by atoms with Crippen molar-refractivity contribution in [2.75, 3.05) is 27.8 Å². The second kappa shape index (κ2) is 10.9. The van der Waals surface area contributed by atoms with Gasteiger partial charge in [0.05, 0.1) is 25.6 Å². The molecule has 0 spiro atoms. The number of rotatable bonds is 9. The molecule has 0 fully saturated rings. The zero-order valence-electron chi connectivity index (χ0n) is 17.2. The summed E-state index contributed by atoms with van der Waals surface area (Å²) in [5.74, 6) is -1.27. The number of hydrogen-bond donors (Lipinski definition) is 0. The molecule has 0 N–H and O–H groups in total. The average Bonchev–Trinajstić information content (AvgIpc) is 2.69. The fourth-order valence-corrected chi connectivity index (χ4v) is 2.42. The molecule has 1 rings (SSSR count). The second-order valence-corrected chi connectivity index (χ2v) is 5.79. The van der Waals surface area contributed by atoms with Gasteiger partial charge in [-0.3, -0.25) is 4.99 Å². The predicted octanol–water partition coefficient (Wildman–Crippen LogP) is 3.43. The number of carbonyl (C=O) groups excluding carboxylic acids is 1. The van der Waals surface area contributed by atoms with Crippen LogP contribution >= 0.6 is 0 Å². The molecule has 0 bridgehead atoms. The molecule has 29 heavy (non-hydrogen) atoms. The van der Waals surface area contributed by atoms with Crippen LogP contribution in [0.5, 0.6) is 5.88 Å². The van der Waals surface area contributed by atoms with Crippen LogP contribution in [0.4, 0.5) is 13.2 Å². The third-order valence-corrected chi connectivity index (χ3v) is 3.92. The maximum atomic E-state index is 13.1. The highest BCUT2D eigenvalue weighted by atomic mass is 19.4. The number of esters is 1. The van der Waals surface area contributed by atoms with Gasteiger partial charge in [0.15, 0.2) is 6.04 Å².